The molecule has 0 spiro atoms. The summed E-state index contributed by atoms with van der Waals surface area (Å²) in [5, 5.41) is 19.8. The molecule has 566 valence electrons. The van der Waals surface area contributed by atoms with Gasteiger partial charge in [0.15, 0.2) is 0 Å². The SMILES string of the molecule is CC(C)(C)c1cc2c3c(c1)N(c1c(-c4ccccc4)cccc1-c1ccccc1)c1cc(-n4c5cc6ccc(C(C)(C)C)cc6cc5c5c6ccccc6c6ccccc6c54)ccc1B3c1ccc(-n3c4cc5ccc(C(C)(C)C)cc5cc4c4c5ccccc5c5ccccc5c43)cc1N2c1c(-c2ccccc2)cccc1-c1ccccc1. The van der Waals surface area contributed by atoms with E-state index in [9.17, 15) is 0 Å². The highest BCUT2D eigenvalue weighted by molar-refractivity contribution is 7.00. The molecule has 0 amide bonds. The van der Waals surface area contributed by atoms with Crippen molar-refractivity contribution in [1.29, 1.82) is 0 Å². The molecule has 0 atom stereocenters. The number of anilines is 6. The topological polar surface area (TPSA) is 16.3 Å². The van der Waals surface area contributed by atoms with Gasteiger partial charge in [0.05, 0.1) is 33.4 Å². The molecule has 21 aromatic rings. The Kier molecular flexibility index (Phi) is 15.5. The number of rotatable bonds is 8. The van der Waals surface area contributed by atoms with E-state index >= 15 is 0 Å². The van der Waals surface area contributed by atoms with Crippen molar-refractivity contribution in [2.24, 2.45) is 0 Å². The van der Waals surface area contributed by atoms with E-state index in [0.717, 1.165) is 101 Å². The lowest BCUT2D eigenvalue weighted by Crippen LogP contribution is -2.61. The Morgan fingerprint density at radius 1 is 0.227 bits per heavy atom. The molecular formula is C114H87BN4. The van der Waals surface area contributed by atoms with Crippen LogP contribution in [0.5, 0.6) is 0 Å². The number of fused-ring (bicyclic) bond motifs is 22. The molecule has 0 fully saturated rings. The molecule has 0 unspecified atom stereocenters. The fraction of sp³-hybridized carbons (Fsp3) is 0.105. The summed E-state index contributed by atoms with van der Waals surface area (Å²) in [6.45, 7) is 20.9. The molecule has 0 N–H and O–H groups in total. The molecule has 2 aromatic heterocycles. The van der Waals surface area contributed by atoms with Crippen LogP contribution in [0.2, 0.25) is 0 Å². The predicted molar refractivity (Wildman–Crippen MR) is 512 cm³/mol. The smallest absolute Gasteiger partial charge is 0.252 e. The lowest BCUT2D eigenvalue weighted by Gasteiger charge is -2.46. The van der Waals surface area contributed by atoms with Gasteiger partial charge in [0.1, 0.15) is 0 Å². The Balaban J connectivity index is 0.892. The summed E-state index contributed by atoms with van der Waals surface area (Å²) in [5.74, 6) is 0. The van der Waals surface area contributed by atoms with Crippen LogP contribution in [0, 0.1) is 0 Å². The van der Waals surface area contributed by atoms with Gasteiger partial charge in [0.2, 0.25) is 0 Å². The van der Waals surface area contributed by atoms with E-state index in [2.05, 4.69) is 445 Å². The quantitative estimate of drug-likeness (QED) is 0.111. The van der Waals surface area contributed by atoms with Crippen LogP contribution in [0.15, 0.2) is 364 Å². The van der Waals surface area contributed by atoms with Gasteiger partial charge in [-0.15, -0.1) is 0 Å². The van der Waals surface area contributed by atoms with Crippen LogP contribution < -0.4 is 26.2 Å². The highest BCUT2D eigenvalue weighted by Gasteiger charge is 2.47. The predicted octanol–water partition coefficient (Wildman–Crippen LogP) is 29.4. The van der Waals surface area contributed by atoms with E-state index < -0.39 is 0 Å². The molecule has 23 rings (SSSR count). The van der Waals surface area contributed by atoms with Gasteiger partial charge in [0, 0.05) is 88.7 Å². The van der Waals surface area contributed by atoms with Crippen LogP contribution in [0.25, 0.3) is 164 Å². The maximum absolute atomic E-state index is 2.74. The Bertz CT molecular complexity index is 7270. The summed E-state index contributed by atoms with van der Waals surface area (Å²) in [5.41, 5.74) is 29.8. The van der Waals surface area contributed by atoms with Crippen molar-refractivity contribution in [1.82, 2.24) is 9.13 Å². The number of aromatic nitrogens is 2. The van der Waals surface area contributed by atoms with Gasteiger partial charge >= 0.3 is 0 Å². The second kappa shape index (κ2) is 26.3. The maximum atomic E-state index is 2.74. The van der Waals surface area contributed by atoms with Crippen molar-refractivity contribution in [2.75, 3.05) is 9.80 Å². The molecule has 2 aliphatic heterocycles. The number of para-hydroxylation sites is 2. The molecule has 0 saturated carbocycles. The summed E-state index contributed by atoms with van der Waals surface area (Å²) in [6, 6.07) is 140. The monoisotopic (exact) mass is 1520 g/mol. The average molecular weight is 1520 g/mol. The first-order valence-corrected chi connectivity index (χ1v) is 42.2. The van der Waals surface area contributed by atoms with Crippen LogP contribution in [-0.4, -0.2) is 15.8 Å². The van der Waals surface area contributed by atoms with E-state index in [0.29, 0.717) is 0 Å². The highest BCUT2D eigenvalue weighted by Crippen LogP contribution is 2.56. The van der Waals surface area contributed by atoms with Crippen molar-refractivity contribution in [2.45, 2.75) is 78.6 Å². The van der Waals surface area contributed by atoms with Crippen LogP contribution in [0.3, 0.4) is 0 Å². The molecular weight excluding hydrogens is 1440 g/mol. The third kappa shape index (κ3) is 10.8. The number of hydrogen-bond acceptors (Lipinski definition) is 2. The second-order valence-electron chi connectivity index (χ2n) is 36.3. The number of hydrogen-bond donors (Lipinski definition) is 0. The van der Waals surface area contributed by atoms with Crippen LogP contribution >= 0.6 is 0 Å². The first kappa shape index (κ1) is 70.4. The minimum atomic E-state index is -0.364. The summed E-state index contributed by atoms with van der Waals surface area (Å²) in [4.78, 5) is 5.47. The van der Waals surface area contributed by atoms with Crippen LogP contribution in [0.1, 0.15) is 79.0 Å². The van der Waals surface area contributed by atoms with Crippen molar-refractivity contribution >= 4 is 165 Å². The molecule has 0 aliphatic carbocycles. The Morgan fingerprint density at radius 2 is 0.546 bits per heavy atom. The zero-order valence-electron chi connectivity index (χ0n) is 68.5. The van der Waals surface area contributed by atoms with Gasteiger partial charge in [-0.3, -0.25) is 0 Å². The van der Waals surface area contributed by atoms with Gasteiger partial charge in [0.25, 0.3) is 6.71 Å². The maximum Gasteiger partial charge on any atom is 0.252 e. The summed E-state index contributed by atoms with van der Waals surface area (Å²) in [7, 11) is 0. The van der Waals surface area contributed by atoms with Crippen molar-refractivity contribution in [3.05, 3.63) is 381 Å². The van der Waals surface area contributed by atoms with E-state index in [1.165, 1.54) is 130 Å². The van der Waals surface area contributed by atoms with E-state index in [1.807, 2.05) is 0 Å². The number of nitrogens with zero attached hydrogens (tertiary/aromatic N) is 4. The minimum absolute atomic E-state index is 0.0386. The third-order valence-electron chi connectivity index (χ3n) is 26.2. The van der Waals surface area contributed by atoms with E-state index in [-0.39, 0.29) is 23.0 Å². The van der Waals surface area contributed by atoms with Crippen molar-refractivity contribution < 1.29 is 0 Å². The fourth-order valence-corrected chi connectivity index (χ4v) is 20.4. The standard InChI is InChI=1S/C114H87BN4/c1-112(2,3)78-54-52-74-64-99-95(62-76(74)60-78)105-91-44-26-22-40-87(91)89-42-24-28-46-93(89)110(105)116(99)81-56-58-97-101(68-81)118(108-83(70-32-14-10-15-33-70)48-30-49-84(108)71-34-16-11-17-35-71)103-66-80(114(7,8)9)67-104-107(103)115(97)98-59-57-82(69-102(98)119(104)109-85(72-36-18-12-19-37-72)50-31-51-86(109)73-38-20-13-21-39-73)117-100-65-75-53-55-79(113(4,5)6)61-77(75)63-96(100)106-92-45-27-23-41-88(92)90-43-25-29-47-94(90)111(106)117/h10-69H,1-9H3. The van der Waals surface area contributed by atoms with Crippen molar-refractivity contribution in [3.8, 4) is 55.9 Å². The molecule has 5 heteroatoms. The molecule has 4 nitrogen and oxygen atoms in total. The molecule has 0 radical (unpaired) electrons. The molecule has 119 heavy (non-hydrogen) atoms. The molecule has 4 heterocycles. The van der Waals surface area contributed by atoms with Crippen LogP contribution in [-0.2, 0) is 16.2 Å². The second-order valence-corrected chi connectivity index (χ2v) is 36.3. The lowest BCUT2D eigenvalue weighted by molar-refractivity contribution is 0.590. The largest absolute Gasteiger partial charge is 0.310 e. The minimum Gasteiger partial charge on any atom is -0.310 e. The Hall–Kier alpha value is -14.0. The van der Waals surface area contributed by atoms with Gasteiger partial charge in [-0.25, -0.2) is 0 Å². The fourth-order valence-electron chi connectivity index (χ4n) is 20.4. The van der Waals surface area contributed by atoms with Gasteiger partial charge in [-0.05, 0) is 186 Å². The average Bonchev–Trinajstić information content (AvgIpc) is 1.47. The van der Waals surface area contributed by atoms with Gasteiger partial charge in [-0.1, -0.05) is 366 Å². The van der Waals surface area contributed by atoms with E-state index in [1.54, 1.807) is 0 Å². The lowest BCUT2D eigenvalue weighted by atomic mass is 9.33. The zero-order valence-corrected chi connectivity index (χ0v) is 68.5. The first-order valence-electron chi connectivity index (χ1n) is 42.2. The summed E-state index contributed by atoms with van der Waals surface area (Å²) < 4.78 is 5.28. The summed E-state index contributed by atoms with van der Waals surface area (Å²) >= 11 is 0. The highest BCUT2D eigenvalue weighted by atomic mass is 15.2. The molecule has 2 aliphatic rings. The van der Waals surface area contributed by atoms with Gasteiger partial charge < -0.3 is 18.9 Å². The summed E-state index contributed by atoms with van der Waals surface area (Å²) in [6.07, 6.45) is 0. The molecule has 0 bridgehead atoms. The zero-order chi connectivity index (χ0) is 80.1. The Morgan fingerprint density at radius 3 is 0.891 bits per heavy atom. The van der Waals surface area contributed by atoms with E-state index in [4.69, 9.17) is 0 Å². The van der Waals surface area contributed by atoms with Crippen molar-refractivity contribution in [3.63, 3.8) is 0 Å². The van der Waals surface area contributed by atoms with Crippen LogP contribution in [0.4, 0.5) is 34.1 Å². The molecule has 19 aromatic carbocycles. The normalized spacial score (nSPS) is 13.0. The Labute approximate surface area is 694 Å². The van der Waals surface area contributed by atoms with Gasteiger partial charge in [-0.2, -0.15) is 0 Å². The first-order chi connectivity index (χ1) is 58.0. The number of benzene rings is 19. The third-order valence-corrected chi connectivity index (χ3v) is 26.2. The molecule has 0 saturated heterocycles.